The smallest absolute Gasteiger partial charge is 0.226 e. The van der Waals surface area contributed by atoms with Gasteiger partial charge in [-0.25, -0.2) is 0 Å². The Hall–Kier alpha value is -3.02. The molecular formula is C22H28N2O4. The molecule has 6 nitrogen and oxygen atoms in total. The van der Waals surface area contributed by atoms with Gasteiger partial charge in [-0.1, -0.05) is 20.8 Å². The van der Waals surface area contributed by atoms with Gasteiger partial charge in [-0.05, 0) is 55.5 Å². The molecule has 0 saturated carbocycles. The van der Waals surface area contributed by atoms with Crippen molar-refractivity contribution in [3.8, 4) is 17.2 Å². The molecule has 0 aliphatic carbocycles. The van der Waals surface area contributed by atoms with Crippen molar-refractivity contribution in [1.29, 1.82) is 0 Å². The summed E-state index contributed by atoms with van der Waals surface area (Å²) in [7, 11) is 0. The second-order valence-electron chi connectivity index (χ2n) is 7.33. The van der Waals surface area contributed by atoms with Crippen molar-refractivity contribution in [2.45, 2.75) is 34.1 Å². The SMILES string of the molecule is CCOc1ccc(Oc2ccc(NC(=O)CCNC(=O)C(C)(C)C)cc2)cc1. The molecule has 2 aromatic carbocycles. The Morgan fingerprint density at radius 3 is 1.96 bits per heavy atom. The molecule has 28 heavy (non-hydrogen) atoms. The number of hydrogen-bond acceptors (Lipinski definition) is 4. The van der Waals surface area contributed by atoms with Gasteiger partial charge in [0, 0.05) is 24.1 Å². The predicted molar refractivity (Wildman–Crippen MR) is 110 cm³/mol. The summed E-state index contributed by atoms with van der Waals surface area (Å²) in [6, 6.07) is 14.5. The zero-order chi connectivity index (χ0) is 20.6. The highest BCUT2D eigenvalue weighted by Crippen LogP contribution is 2.25. The molecule has 2 amide bonds. The van der Waals surface area contributed by atoms with Crippen molar-refractivity contribution in [2.24, 2.45) is 5.41 Å². The molecule has 0 saturated heterocycles. The lowest BCUT2D eigenvalue weighted by Crippen LogP contribution is -2.36. The number of hydrogen-bond donors (Lipinski definition) is 2. The summed E-state index contributed by atoms with van der Waals surface area (Å²) in [5.41, 5.74) is 0.210. The second-order valence-corrected chi connectivity index (χ2v) is 7.33. The van der Waals surface area contributed by atoms with Gasteiger partial charge >= 0.3 is 0 Å². The average Bonchev–Trinajstić information content (AvgIpc) is 2.64. The Morgan fingerprint density at radius 1 is 0.893 bits per heavy atom. The van der Waals surface area contributed by atoms with Gasteiger partial charge in [0.2, 0.25) is 11.8 Å². The highest BCUT2D eigenvalue weighted by molar-refractivity contribution is 5.91. The summed E-state index contributed by atoms with van der Waals surface area (Å²) in [5.74, 6) is 1.94. The van der Waals surface area contributed by atoms with Gasteiger partial charge < -0.3 is 20.1 Å². The third-order valence-corrected chi connectivity index (χ3v) is 3.83. The minimum absolute atomic E-state index is 0.0731. The van der Waals surface area contributed by atoms with E-state index in [0.717, 1.165) is 5.75 Å². The Balaban J connectivity index is 1.80. The van der Waals surface area contributed by atoms with Crippen LogP contribution in [0, 0.1) is 5.41 Å². The number of anilines is 1. The van der Waals surface area contributed by atoms with Gasteiger partial charge in [-0.2, -0.15) is 0 Å². The Kier molecular flexibility index (Phi) is 7.44. The van der Waals surface area contributed by atoms with Crippen LogP contribution in [-0.4, -0.2) is 25.0 Å². The molecule has 150 valence electrons. The molecule has 6 heteroatoms. The highest BCUT2D eigenvalue weighted by atomic mass is 16.5. The molecule has 0 spiro atoms. The van der Waals surface area contributed by atoms with Crippen LogP contribution in [-0.2, 0) is 9.59 Å². The maximum absolute atomic E-state index is 12.0. The van der Waals surface area contributed by atoms with E-state index in [2.05, 4.69) is 10.6 Å². The molecular weight excluding hydrogens is 356 g/mol. The van der Waals surface area contributed by atoms with Gasteiger partial charge in [0.25, 0.3) is 0 Å². The van der Waals surface area contributed by atoms with Crippen LogP contribution in [0.3, 0.4) is 0 Å². The highest BCUT2D eigenvalue weighted by Gasteiger charge is 2.20. The first kappa shape index (κ1) is 21.3. The Morgan fingerprint density at radius 2 is 1.43 bits per heavy atom. The van der Waals surface area contributed by atoms with E-state index in [-0.39, 0.29) is 18.2 Å². The van der Waals surface area contributed by atoms with E-state index in [1.807, 2.05) is 52.0 Å². The lowest BCUT2D eigenvalue weighted by molar-refractivity contribution is -0.128. The van der Waals surface area contributed by atoms with Gasteiger partial charge in [-0.3, -0.25) is 9.59 Å². The Bertz CT molecular complexity index is 778. The van der Waals surface area contributed by atoms with Crippen LogP contribution in [0.2, 0.25) is 0 Å². The number of amides is 2. The van der Waals surface area contributed by atoms with Crippen LogP contribution in [0.5, 0.6) is 17.2 Å². The molecule has 0 heterocycles. The fourth-order valence-electron chi connectivity index (χ4n) is 2.29. The van der Waals surface area contributed by atoms with Crippen molar-refractivity contribution in [2.75, 3.05) is 18.5 Å². The molecule has 0 fully saturated rings. The normalized spacial score (nSPS) is 10.9. The number of benzene rings is 2. The third-order valence-electron chi connectivity index (χ3n) is 3.83. The van der Waals surface area contributed by atoms with Crippen LogP contribution >= 0.6 is 0 Å². The molecule has 0 radical (unpaired) electrons. The fraction of sp³-hybridized carbons (Fsp3) is 0.364. The van der Waals surface area contributed by atoms with E-state index in [1.165, 1.54) is 0 Å². The Labute approximate surface area is 166 Å². The van der Waals surface area contributed by atoms with Crippen molar-refractivity contribution >= 4 is 17.5 Å². The van der Waals surface area contributed by atoms with E-state index in [9.17, 15) is 9.59 Å². The van der Waals surface area contributed by atoms with E-state index in [0.29, 0.717) is 30.3 Å². The first-order valence-corrected chi connectivity index (χ1v) is 9.37. The van der Waals surface area contributed by atoms with Gasteiger partial charge in [0.1, 0.15) is 17.2 Å². The fourth-order valence-corrected chi connectivity index (χ4v) is 2.29. The van der Waals surface area contributed by atoms with Gasteiger partial charge in [0.15, 0.2) is 0 Å². The van der Waals surface area contributed by atoms with E-state index in [4.69, 9.17) is 9.47 Å². The first-order valence-electron chi connectivity index (χ1n) is 9.37. The molecule has 2 rings (SSSR count). The average molecular weight is 384 g/mol. The van der Waals surface area contributed by atoms with Crippen molar-refractivity contribution in [1.82, 2.24) is 5.32 Å². The largest absolute Gasteiger partial charge is 0.494 e. The van der Waals surface area contributed by atoms with E-state index >= 15 is 0 Å². The number of carbonyl (C=O) groups is 2. The van der Waals surface area contributed by atoms with Crippen molar-refractivity contribution in [3.63, 3.8) is 0 Å². The van der Waals surface area contributed by atoms with Crippen LogP contribution in [0.25, 0.3) is 0 Å². The topological polar surface area (TPSA) is 76.7 Å². The van der Waals surface area contributed by atoms with Crippen molar-refractivity contribution < 1.29 is 19.1 Å². The summed E-state index contributed by atoms with van der Waals surface area (Å²) in [5, 5.41) is 5.56. The quantitative estimate of drug-likeness (QED) is 0.709. The minimum Gasteiger partial charge on any atom is -0.494 e. The lowest BCUT2D eigenvalue weighted by atomic mass is 9.96. The van der Waals surface area contributed by atoms with Gasteiger partial charge in [0.05, 0.1) is 6.61 Å². The molecule has 2 N–H and O–H groups in total. The molecule has 0 unspecified atom stereocenters. The molecule has 0 aromatic heterocycles. The third kappa shape index (κ3) is 6.95. The number of nitrogens with one attached hydrogen (secondary N) is 2. The monoisotopic (exact) mass is 384 g/mol. The number of ether oxygens (including phenoxy) is 2. The minimum atomic E-state index is -0.463. The van der Waals surface area contributed by atoms with E-state index < -0.39 is 5.41 Å². The molecule has 0 atom stereocenters. The predicted octanol–water partition coefficient (Wildman–Crippen LogP) is 4.37. The number of carbonyl (C=O) groups excluding carboxylic acids is 2. The summed E-state index contributed by atoms with van der Waals surface area (Å²) >= 11 is 0. The van der Waals surface area contributed by atoms with Crippen LogP contribution in [0.1, 0.15) is 34.1 Å². The summed E-state index contributed by atoms with van der Waals surface area (Å²) in [6.45, 7) is 8.36. The standard InChI is InChI=1S/C22H28N2O4/c1-5-27-17-10-12-19(13-11-17)28-18-8-6-16(7-9-18)24-20(25)14-15-23-21(26)22(2,3)4/h6-13H,5,14-15H2,1-4H3,(H,23,26)(H,24,25). The maximum Gasteiger partial charge on any atom is 0.226 e. The summed E-state index contributed by atoms with van der Waals surface area (Å²) in [4.78, 5) is 23.8. The van der Waals surface area contributed by atoms with Crippen LogP contribution < -0.4 is 20.1 Å². The maximum atomic E-state index is 12.0. The second kappa shape index (κ2) is 9.78. The summed E-state index contributed by atoms with van der Waals surface area (Å²) in [6.07, 6.45) is 0.215. The zero-order valence-electron chi connectivity index (χ0n) is 16.9. The molecule has 0 aliphatic heterocycles. The van der Waals surface area contributed by atoms with Crippen LogP contribution in [0.4, 0.5) is 5.69 Å². The first-order chi connectivity index (χ1) is 13.3. The van der Waals surface area contributed by atoms with Crippen molar-refractivity contribution in [3.05, 3.63) is 48.5 Å². The van der Waals surface area contributed by atoms with Gasteiger partial charge in [-0.15, -0.1) is 0 Å². The lowest BCUT2D eigenvalue weighted by Gasteiger charge is -2.17. The number of rotatable bonds is 8. The molecule has 0 bridgehead atoms. The zero-order valence-corrected chi connectivity index (χ0v) is 16.9. The van der Waals surface area contributed by atoms with E-state index in [1.54, 1.807) is 24.3 Å². The van der Waals surface area contributed by atoms with Crippen LogP contribution in [0.15, 0.2) is 48.5 Å². The summed E-state index contributed by atoms with van der Waals surface area (Å²) < 4.78 is 11.2. The molecule has 2 aromatic rings. The molecule has 0 aliphatic rings.